The second kappa shape index (κ2) is 10.3. The van der Waals surface area contributed by atoms with E-state index in [4.69, 9.17) is 19.8 Å². The Hall–Kier alpha value is -4.05. The highest BCUT2D eigenvalue weighted by molar-refractivity contribution is 7.16. The van der Waals surface area contributed by atoms with Gasteiger partial charge < -0.3 is 24.5 Å². The van der Waals surface area contributed by atoms with Gasteiger partial charge in [0.1, 0.15) is 28.1 Å². The van der Waals surface area contributed by atoms with Crippen LogP contribution in [0.4, 0.5) is 16.6 Å². The number of nitrogens with zero attached hydrogens (tertiary/aromatic N) is 8. The number of carbonyl (C=O) groups is 1. The van der Waals surface area contributed by atoms with Crippen LogP contribution in [0.1, 0.15) is 30.2 Å². The van der Waals surface area contributed by atoms with E-state index in [2.05, 4.69) is 17.0 Å². The Morgan fingerprint density at radius 2 is 1.91 bits per heavy atom. The lowest BCUT2D eigenvalue weighted by Crippen LogP contribution is -2.75. The van der Waals surface area contributed by atoms with Crippen LogP contribution in [0.3, 0.4) is 0 Å². The van der Waals surface area contributed by atoms with Crippen molar-refractivity contribution in [2.45, 2.75) is 38.8 Å². The van der Waals surface area contributed by atoms with Gasteiger partial charge in [0.25, 0.3) is 5.91 Å². The average Bonchev–Trinajstić information content (AvgIpc) is 3.57. The first kappa shape index (κ1) is 27.8. The van der Waals surface area contributed by atoms with Crippen molar-refractivity contribution in [2.75, 3.05) is 56.2 Å². The third kappa shape index (κ3) is 4.63. The number of aliphatic hydroxyl groups is 1. The molecule has 222 valence electrons. The maximum absolute atomic E-state index is 13.0. The molecule has 1 spiro atoms. The molecule has 0 bridgehead atoms. The number of fused-ring (bicyclic) bond motifs is 1. The number of rotatable bonds is 6. The summed E-state index contributed by atoms with van der Waals surface area (Å²) >= 11 is 1.37. The predicted molar refractivity (Wildman–Crippen MR) is 164 cm³/mol. The largest absolute Gasteiger partial charge is 0.381 e. The van der Waals surface area contributed by atoms with E-state index < -0.39 is 5.60 Å². The van der Waals surface area contributed by atoms with Crippen LogP contribution in [0.25, 0.3) is 22.3 Å². The molecule has 11 nitrogen and oxygen atoms in total. The maximum Gasteiger partial charge on any atom is 0.254 e. The smallest absolute Gasteiger partial charge is 0.254 e. The molecule has 1 aromatic carbocycles. The lowest BCUT2D eigenvalue weighted by molar-refractivity contribution is -0.174. The van der Waals surface area contributed by atoms with Crippen molar-refractivity contribution in [3.8, 4) is 17.3 Å². The van der Waals surface area contributed by atoms with E-state index in [0.717, 1.165) is 41.1 Å². The van der Waals surface area contributed by atoms with Gasteiger partial charge in [-0.25, -0.2) is 14.6 Å². The van der Waals surface area contributed by atoms with E-state index >= 15 is 0 Å². The first-order valence-corrected chi connectivity index (χ1v) is 15.5. The predicted octanol–water partition coefficient (Wildman–Crippen LogP) is 3.71. The third-order valence-corrected chi connectivity index (χ3v) is 10.0. The molecule has 3 fully saturated rings. The van der Waals surface area contributed by atoms with Crippen LogP contribution in [-0.4, -0.2) is 87.7 Å². The normalized spacial score (nSPS) is 18.8. The van der Waals surface area contributed by atoms with Crippen LogP contribution in [0, 0.1) is 23.7 Å². The highest BCUT2D eigenvalue weighted by Gasteiger charge is 2.56. The fourth-order valence-corrected chi connectivity index (χ4v) is 7.38. The molecule has 3 aromatic heterocycles. The molecule has 6 heterocycles. The number of thiazole rings is 1. The molecule has 0 unspecified atom stereocenters. The van der Waals surface area contributed by atoms with Gasteiger partial charge in [-0.05, 0) is 19.9 Å². The van der Waals surface area contributed by atoms with Crippen molar-refractivity contribution < 1.29 is 14.6 Å². The Labute approximate surface area is 253 Å². The molecule has 0 radical (unpaired) electrons. The molecule has 1 amide bonds. The minimum atomic E-state index is -1.29. The van der Waals surface area contributed by atoms with Crippen molar-refractivity contribution in [1.29, 1.82) is 5.26 Å². The number of hydrogen-bond acceptors (Lipinski definition) is 10. The van der Waals surface area contributed by atoms with E-state index in [0.29, 0.717) is 67.0 Å². The number of pyridine rings is 1. The third-order valence-electron chi connectivity index (χ3n) is 8.98. The standard InChI is InChI=1S/C31H34N8O3S/c1-4-39-27(36(3)29-34-25(24(14-32)43-29)21-7-5-20(2)6-8-21)23-13-22(15-33-26(23)35-39)37-16-30(17-37)18-38(19-30)28(40)31(41)9-11-42-12-10-31/h5-8,13,15,41H,4,9-12,16-19H2,1-3H3. The van der Waals surface area contributed by atoms with E-state index in [1.54, 1.807) is 4.90 Å². The summed E-state index contributed by atoms with van der Waals surface area (Å²) in [4.78, 5) is 29.2. The van der Waals surface area contributed by atoms with Gasteiger partial charge in [0, 0.05) is 76.8 Å². The number of aromatic nitrogens is 4. The fraction of sp³-hybridized carbons (Fsp3) is 0.452. The zero-order valence-corrected chi connectivity index (χ0v) is 25.4. The van der Waals surface area contributed by atoms with Gasteiger partial charge in [0.05, 0.1) is 17.3 Å². The molecule has 3 aliphatic rings. The quantitative estimate of drug-likeness (QED) is 0.354. The summed E-state index contributed by atoms with van der Waals surface area (Å²) in [5.74, 6) is 0.718. The van der Waals surface area contributed by atoms with Gasteiger partial charge in [-0.2, -0.15) is 10.4 Å². The number of aryl methyl sites for hydroxylation is 2. The van der Waals surface area contributed by atoms with E-state index in [9.17, 15) is 15.2 Å². The van der Waals surface area contributed by atoms with Gasteiger partial charge in [0.15, 0.2) is 10.8 Å². The summed E-state index contributed by atoms with van der Waals surface area (Å²) in [5.41, 5.74) is 3.19. The Morgan fingerprint density at radius 3 is 2.58 bits per heavy atom. The fourth-order valence-electron chi connectivity index (χ4n) is 6.53. The van der Waals surface area contributed by atoms with Crippen LogP contribution in [0.5, 0.6) is 0 Å². The molecular weight excluding hydrogens is 564 g/mol. The number of likely N-dealkylation sites (tertiary alicyclic amines) is 1. The molecular formula is C31H34N8O3S. The topological polar surface area (TPSA) is 124 Å². The Morgan fingerprint density at radius 1 is 1.19 bits per heavy atom. The number of carbonyl (C=O) groups excluding carboxylic acids is 1. The second-order valence-electron chi connectivity index (χ2n) is 12.1. The number of amides is 1. The highest BCUT2D eigenvalue weighted by atomic mass is 32.1. The molecule has 12 heteroatoms. The average molecular weight is 599 g/mol. The summed E-state index contributed by atoms with van der Waals surface area (Å²) in [5, 5.41) is 27.1. The van der Waals surface area contributed by atoms with Crippen molar-refractivity contribution in [1.82, 2.24) is 24.6 Å². The Kier molecular flexibility index (Phi) is 6.65. The van der Waals surface area contributed by atoms with Crippen LogP contribution in [0.15, 0.2) is 36.5 Å². The zero-order valence-electron chi connectivity index (χ0n) is 24.6. The number of hydrogen-bond donors (Lipinski definition) is 1. The molecule has 1 N–H and O–H groups in total. The molecule has 7 rings (SSSR count). The molecule has 3 saturated heterocycles. The summed E-state index contributed by atoms with van der Waals surface area (Å²) in [6.07, 6.45) is 2.59. The molecule has 3 aliphatic heterocycles. The van der Waals surface area contributed by atoms with Crippen LogP contribution in [-0.2, 0) is 16.1 Å². The van der Waals surface area contributed by atoms with Gasteiger partial charge in [-0.1, -0.05) is 41.2 Å². The Balaban J connectivity index is 1.11. The van der Waals surface area contributed by atoms with Gasteiger partial charge in [-0.3, -0.25) is 4.79 Å². The lowest BCUT2D eigenvalue weighted by atomic mass is 9.71. The lowest BCUT2D eigenvalue weighted by Gasteiger charge is -2.61. The minimum Gasteiger partial charge on any atom is -0.381 e. The number of anilines is 3. The van der Waals surface area contributed by atoms with Crippen molar-refractivity contribution in [3.05, 3.63) is 47.0 Å². The van der Waals surface area contributed by atoms with Gasteiger partial charge in [-0.15, -0.1) is 0 Å². The zero-order chi connectivity index (χ0) is 29.9. The summed E-state index contributed by atoms with van der Waals surface area (Å²) < 4.78 is 7.26. The Bertz CT molecular complexity index is 1740. The SMILES string of the molecule is CCn1nc2ncc(N3CC4(CN(C(=O)C5(O)CCOCC5)C4)C3)cc2c1N(C)c1nc(-c2ccc(C)cc2)c(C#N)s1. The number of nitriles is 1. The van der Waals surface area contributed by atoms with E-state index in [1.165, 1.54) is 11.3 Å². The molecule has 0 atom stereocenters. The second-order valence-corrected chi connectivity index (χ2v) is 13.1. The molecule has 0 aliphatic carbocycles. The van der Waals surface area contributed by atoms with Crippen molar-refractivity contribution >= 4 is 44.9 Å². The van der Waals surface area contributed by atoms with Crippen LogP contribution >= 0.6 is 11.3 Å². The molecule has 4 aromatic rings. The van der Waals surface area contributed by atoms with Crippen LogP contribution in [0.2, 0.25) is 0 Å². The van der Waals surface area contributed by atoms with Gasteiger partial charge >= 0.3 is 0 Å². The maximum atomic E-state index is 13.0. The minimum absolute atomic E-state index is 0.0559. The van der Waals surface area contributed by atoms with Gasteiger partial charge in [0.2, 0.25) is 0 Å². The number of ether oxygens (including phenoxy) is 1. The highest BCUT2D eigenvalue weighted by Crippen LogP contribution is 2.44. The van der Waals surface area contributed by atoms with Crippen molar-refractivity contribution in [3.63, 3.8) is 0 Å². The van der Waals surface area contributed by atoms with Crippen molar-refractivity contribution in [2.24, 2.45) is 5.41 Å². The van der Waals surface area contributed by atoms with E-state index in [1.807, 2.05) is 60.9 Å². The summed E-state index contributed by atoms with van der Waals surface area (Å²) in [6.45, 7) is 8.57. The van der Waals surface area contributed by atoms with Crippen LogP contribution < -0.4 is 9.80 Å². The van der Waals surface area contributed by atoms with E-state index in [-0.39, 0.29) is 11.3 Å². The number of benzene rings is 1. The molecule has 0 saturated carbocycles. The summed E-state index contributed by atoms with van der Waals surface area (Å²) in [7, 11) is 1.96. The first-order chi connectivity index (χ1) is 20.7. The monoisotopic (exact) mass is 598 g/mol. The summed E-state index contributed by atoms with van der Waals surface area (Å²) in [6, 6.07) is 12.5. The molecule has 43 heavy (non-hydrogen) atoms. The first-order valence-electron chi connectivity index (χ1n) is 14.7.